The number of rotatable bonds is 19. The molecular formula is C37H49FO4. The third-order valence-corrected chi connectivity index (χ3v) is 7.87. The number of carbonyl (C=O) groups excluding carboxylic acids is 2. The molecule has 1 atom stereocenters. The minimum Gasteiger partial charge on any atom is -0.459 e. The molecule has 0 aromatic heterocycles. The van der Waals surface area contributed by atoms with Gasteiger partial charge in [0, 0.05) is 0 Å². The van der Waals surface area contributed by atoms with Crippen LogP contribution >= 0.6 is 0 Å². The average molecular weight is 577 g/mol. The summed E-state index contributed by atoms with van der Waals surface area (Å²) in [6.07, 6.45) is 17.0. The number of halogens is 1. The average Bonchev–Trinajstić information content (AvgIpc) is 2.98. The van der Waals surface area contributed by atoms with Crippen molar-refractivity contribution in [1.29, 1.82) is 0 Å². The Bertz CT molecular complexity index is 1270. The Morgan fingerprint density at radius 3 is 1.93 bits per heavy atom. The van der Waals surface area contributed by atoms with Gasteiger partial charge in [-0.25, -0.2) is 14.0 Å². The van der Waals surface area contributed by atoms with Gasteiger partial charge in [0.15, 0.2) is 0 Å². The highest BCUT2D eigenvalue weighted by Gasteiger charge is 2.15. The zero-order valence-corrected chi connectivity index (χ0v) is 25.9. The van der Waals surface area contributed by atoms with E-state index in [9.17, 15) is 14.0 Å². The van der Waals surface area contributed by atoms with E-state index in [-0.39, 0.29) is 23.5 Å². The first-order chi connectivity index (χ1) is 20.4. The van der Waals surface area contributed by atoms with Crippen molar-refractivity contribution in [1.82, 2.24) is 0 Å². The molecule has 3 rings (SSSR count). The monoisotopic (exact) mass is 576 g/mol. The van der Waals surface area contributed by atoms with Crippen LogP contribution < -0.4 is 4.74 Å². The predicted octanol–water partition coefficient (Wildman–Crippen LogP) is 10.8. The van der Waals surface area contributed by atoms with Crippen molar-refractivity contribution in [3.8, 4) is 5.75 Å². The lowest BCUT2D eigenvalue weighted by molar-refractivity contribution is 0.0319. The zero-order valence-electron chi connectivity index (χ0n) is 25.9. The van der Waals surface area contributed by atoms with E-state index in [1.807, 2.05) is 13.0 Å². The fourth-order valence-electron chi connectivity index (χ4n) is 5.25. The fraction of sp³-hybridized carbons (Fsp3) is 0.514. The largest absolute Gasteiger partial charge is 0.459 e. The molecular weight excluding hydrogens is 527 g/mol. The molecule has 4 nitrogen and oxygen atoms in total. The second-order valence-electron chi connectivity index (χ2n) is 11.6. The molecule has 228 valence electrons. The first kappa shape index (κ1) is 33.3. The smallest absolute Gasteiger partial charge is 0.343 e. The minimum absolute atomic E-state index is 0.124. The molecule has 0 radical (unpaired) electrons. The molecule has 3 aromatic carbocycles. The summed E-state index contributed by atoms with van der Waals surface area (Å²) >= 11 is 0. The SMILES string of the molecule is CCCCCCCCCCCc1ccc(C(=O)Oc2ccc3cc(C(=O)O[C@H](C)CCCCCC)ccc3c2)cc1F. The highest BCUT2D eigenvalue weighted by molar-refractivity contribution is 5.96. The normalized spacial score (nSPS) is 11.9. The molecule has 0 unspecified atom stereocenters. The Labute approximate surface area is 252 Å². The van der Waals surface area contributed by atoms with Crippen LogP contribution in [0.5, 0.6) is 5.75 Å². The second-order valence-corrected chi connectivity index (χ2v) is 11.6. The number of esters is 2. The lowest BCUT2D eigenvalue weighted by atomic mass is 10.0. The molecule has 0 aliphatic carbocycles. The van der Waals surface area contributed by atoms with Crippen LogP contribution in [0.15, 0.2) is 54.6 Å². The second kappa shape index (κ2) is 18.4. The molecule has 0 heterocycles. The van der Waals surface area contributed by atoms with E-state index in [1.54, 1.807) is 42.5 Å². The summed E-state index contributed by atoms with van der Waals surface area (Å²) in [5, 5.41) is 1.67. The van der Waals surface area contributed by atoms with Crippen LogP contribution in [0, 0.1) is 5.82 Å². The highest BCUT2D eigenvalue weighted by atomic mass is 19.1. The Kier molecular flexibility index (Phi) is 14.5. The number of ether oxygens (including phenoxy) is 2. The summed E-state index contributed by atoms with van der Waals surface area (Å²) in [6.45, 7) is 6.34. The molecule has 0 amide bonds. The van der Waals surface area contributed by atoms with Crippen molar-refractivity contribution in [2.45, 2.75) is 123 Å². The zero-order chi connectivity index (χ0) is 30.2. The molecule has 0 bridgehead atoms. The van der Waals surface area contributed by atoms with E-state index in [0.29, 0.717) is 23.3 Å². The van der Waals surface area contributed by atoms with Gasteiger partial charge in [-0.15, -0.1) is 0 Å². The van der Waals surface area contributed by atoms with Gasteiger partial charge in [0.1, 0.15) is 11.6 Å². The van der Waals surface area contributed by atoms with Crippen molar-refractivity contribution in [2.75, 3.05) is 0 Å². The maximum absolute atomic E-state index is 14.7. The van der Waals surface area contributed by atoms with Gasteiger partial charge in [0.05, 0.1) is 17.2 Å². The maximum atomic E-state index is 14.7. The molecule has 5 heteroatoms. The number of hydrogen-bond acceptors (Lipinski definition) is 4. The Morgan fingerprint density at radius 1 is 0.667 bits per heavy atom. The molecule has 0 fully saturated rings. The van der Waals surface area contributed by atoms with Crippen LogP contribution in [-0.4, -0.2) is 18.0 Å². The first-order valence-corrected chi connectivity index (χ1v) is 16.2. The Hall–Kier alpha value is -3.21. The minimum atomic E-state index is -0.601. The van der Waals surface area contributed by atoms with Crippen LogP contribution in [0.3, 0.4) is 0 Å². The summed E-state index contributed by atoms with van der Waals surface area (Å²) in [7, 11) is 0. The van der Waals surface area contributed by atoms with Gasteiger partial charge in [0.2, 0.25) is 0 Å². The van der Waals surface area contributed by atoms with Gasteiger partial charge in [-0.05, 0) is 85.3 Å². The van der Waals surface area contributed by atoms with Crippen molar-refractivity contribution < 1.29 is 23.5 Å². The summed E-state index contributed by atoms with van der Waals surface area (Å²) < 4.78 is 25.9. The highest BCUT2D eigenvalue weighted by Crippen LogP contribution is 2.24. The van der Waals surface area contributed by atoms with Crippen LogP contribution in [0.1, 0.15) is 137 Å². The standard InChI is InChI=1S/C37H49FO4/c1-4-6-8-10-11-12-13-14-16-18-29-19-21-33(27-35(29)38)37(40)42-34-24-23-30-25-32(22-20-31(30)26-34)36(39)41-28(3)17-15-9-7-5-2/h19-28H,4-18H2,1-3H3/t28-/m1/s1. The van der Waals surface area contributed by atoms with Gasteiger partial charge < -0.3 is 9.47 Å². The number of benzene rings is 3. The molecule has 0 saturated carbocycles. The molecule has 0 saturated heterocycles. The fourth-order valence-corrected chi connectivity index (χ4v) is 5.25. The topological polar surface area (TPSA) is 52.6 Å². The van der Waals surface area contributed by atoms with Gasteiger partial charge >= 0.3 is 11.9 Å². The van der Waals surface area contributed by atoms with Crippen LogP contribution in [0.4, 0.5) is 4.39 Å². The predicted molar refractivity (Wildman–Crippen MR) is 170 cm³/mol. The van der Waals surface area contributed by atoms with Crippen molar-refractivity contribution in [3.63, 3.8) is 0 Å². The number of hydrogen-bond donors (Lipinski definition) is 0. The summed E-state index contributed by atoms with van der Waals surface area (Å²) in [4.78, 5) is 25.4. The van der Waals surface area contributed by atoms with Gasteiger partial charge in [-0.3, -0.25) is 0 Å². The summed E-state index contributed by atoms with van der Waals surface area (Å²) in [6, 6.07) is 15.2. The Morgan fingerprint density at radius 2 is 1.24 bits per heavy atom. The van der Waals surface area contributed by atoms with E-state index in [2.05, 4.69) is 13.8 Å². The van der Waals surface area contributed by atoms with E-state index in [1.165, 1.54) is 63.9 Å². The number of unbranched alkanes of at least 4 members (excludes halogenated alkanes) is 11. The molecule has 42 heavy (non-hydrogen) atoms. The molecule has 0 aliphatic heterocycles. The van der Waals surface area contributed by atoms with Crippen molar-refractivity contribution >= 4 is 22.7 Å². The molecule has 0 aliphatic rings. The number of aryl methyl sites for hydroxylation is 1. The van der Waals surface area contributed by atoms with Crippen molar-refractivity contribution in [2.24, 2.45) is 0 Å². The van der Waals surface area contributed by atoms with Gasteiger partial charge in [-0.2, -0.15) is 0 Å². The summed E-state index contributed by atoms with van der Waals surface area (Å²) in [5.41, 5.74) is 1.32. The molecule has 0 N–H and O–H groups in total. The molecule has 0 spiro atoms. The number of fused-ring (bicyclic) bond motifs is 1. The van der Waals surface area contributed by atoms with Crippen LogP contribution in [0.2, 0.25) is 0 Å². The maximum Gasteiger partial charge on any atom is 0.343 e. The van der Waals surface area contributed by atoms with E-state index in [0.717, 1.165) is 42.9 Å². The quantitative estimate of drug-likeness (QED) is 0.0809. The number of carbonyl (C=O) groups is 2. The van der Waals surface area contributed by atoms with Gasteiger partial charge in [0.25, 0.3) is 0 Å². The van der Waals surface area contributed by atoms with E-state index in [4.69, 9.17) is 9.47 Å². The summed E-state index contributed by atoms with van der Waals surface area (Å²) in [5.74, 6) is -0.936. The third-order valence-electron chi connectivity index (χ3n) is 7.87. The van der Waals surface area contributed by atoms with E-state index >= 15 is 0 Å². The lowest BCUT2D eigenvalue weighted by Crippen LogP contribution is -2.15. The third kappa shape index (κ3) is 11.2. The van der Waals surface area contributed by atoms with Crippen molar-refractivity contribution in [3.05, 3.63) is 77.1 Å². The first-order valence-electron chi connectivity index (χ1n) is 16.2. The van der Waals surface area contributed by atoms with Crippen LogP contribution in [-0.2, 0) is 11.2 Å². The van der Waals surface area contributed by atoms with E-state index < -0.39 is 5.97 Å². The van der Waals surface area contributed by atoms with Gasteiger partial charge in [-0.1, -0.05) is 103 Å². The Balaban J connectivity index is 1.48. The molecule has 3 aromatic rings. The van der Waals surface area contributed by atoms with Crippen LogP contribution in [0.25, 0.3) is 10.8 Å². The lowest BCUT2D eigenvalue weighted by Gasteiger charge is -2.13.